The van der Waals surface area contributed by atoms with Crippen LogP contribution in [0.5, 0.6) is 0 Å². The van der Waals surface area contributed by atoms with Gasteiger partial charge >= 0.3 is 0 Å². The van der Waals surface area contributed by atoms with Crippen molar-refractivity contribution in [1.82, 2.24) is 5.32 Å². The number of ether oxygens (including phenoxy) is 4. The maximum absolute atomic E-state index is 13.1. The lowest BCUT2D eigenvalue weighted by molar-refractivity contribution is -0.345. The Hall–Kier alpha value is -2.29. The van der Waals surface area contributed by atoms with Gasteiger partial charge in [-0.05, 0) is 12.0 Å². The molecule has 4 rings (SSSR count). The number of hydrogen-bond donors (Lipinski definition) is 2. The first-order valence-electron chi connectivity index (χ1n) is 19.8. The lowest BCUT2D eigenvalue weighted by Gasteiger charge is -2.47. The molecule has 0 aromatic heterocycles. The molecule has 274 valence electrons. The van der Waals surface area contributed by atoms with E-state index < -0.39 is 36.9 Å². The molecular formula is C42H65NO6. The van der Waals surface area contributed by atoms with Crippen LogP contribution in [0.2, 0.25) is 0 Å². The van der Waals surface area contributed by atoms with Crippen molar-refractivity contribution in [3.8, 4) is 0 Å². The van der Waals surface area contributed by atoms with Crippen molar-refractivity contribution in [3.05, 3.63) is 71.8 Å². The number of aliphatic hydroxyl groups is 1. The Balaban J connectivity index is 1.08. The summed E-state index contributed by atoms with van der Waals surface area (Å²) in [5, 5.41) is 14.6. The summed E-state index contributed by atoms with van der Waals surface area (Å²) in [5.74, 6) is -0.0990. The number of unbranched alkanes of at least 4 members (excludes halogenated alkanes) is 18. The van der Waals surface area contributed by atoms with E-state index in [0.717, 1.165) is 30.4 Å². The number of carbonyl (C=O) groups excluding carboxylic acids is 1. The molecule has 0 bridgehead atoms. The molecule has 2 N–H and O–H groups in total. The van der Waals surface area contributed by atoms with Crippen LogP contribution in [0.1, 0.15) is 153 Å². The van der Waals surface area contributed by atoms with Crippen LogP contribution in [0.4, 0.5) is 0 Å². The number of aliphatic hydroxyl groups excluding tert-OH is 1. The molecule has 7 nitrogen and oxygen atoms in total. The van der Waals surface area contributed by atoms with E-state index >= 15 is 0 Å². The van der Waals surface area contributed by atoms with Crippen molar-refractivity contribution in [2.75, 3.05) is 6.61 Å². The molecule has 0 aliphatic carbocycles. The van der Waals surface area contributed by atoms with E-state index in [9.17, 15) is 9.90 Å². The summed E-state index contributed by atoms with van der Waals surface area (Å²) in [4.78, 5) is 13.1. The van der Waals surface area contributed by atoms with Crippen molar-refractivity contribution in [1.29, 1.82) is 0 Å². The van der Waals surface area contributed by atoms with Crippen LogP contribution >= 0.6 is 0 Å². The average molecular weight is 680 g/mol. The molecule has 6 atom stereocenters. The molecule has 2 aromatic rings. The first kappa shape index (κ1) is 39.5. The van der Waals surface area contributed by atoms with E-state index in [1.54, 1.807) is 0 Å². The fraction of sp³-hybridized carbons (Fsp3) is 0.690. The molecule has 49 heavy (non-hydrogen) atoms. The van der Waals surface area contributed by atoms with Crippen LogP contribution < -0.4 is 5.32 Å². The molecule has 2 aliphatic heterocycles. The third-order valence-corrected chi connectivity index (χ3v) is 10.0. The fourth-order valence-corrected chi connectivity index (χ4v) is 7.04. The third-order valence-electron chi connectivity index (χ3n) is 10.0. The largest absolute Gasteiger partial charge is 0.388 e. The summed E-state index contributed by atoms with van der Waals surface area (Å²) in [6.07, 6.45) is 21.9. The Morgan fingerprint density at radius 1 is 0.714 bits per heavy atom. The highest BCUT2D eigenvalue weighted by Crippen LogP contribution is 2.34. The second-order valence-corrected chi connectivity index (χ2v) is 14.2. The fourth-order valence-electron chi connectivity index (χ4n) is 7.04. The number of amides is 1. The summed E-state index contributed by atoms with van der Waals surface area (Å²) in [5.41, 5.74) is 1.86. The molecule has 2 heterocycles. The van der Waals surface area contributed by atoms with E-state index in [-0.39, 0.29) is 12.5 Å². The highest BCUT2D eigenvalue weighted by atomic mass is 16.7. The predicted octanol–water partition coefficient (Wildman–Crippen LogP) is 9.71. The Morgan fingerprint density at radius 2 is 1.22 bits per heavy atom. The molecule has 2 saturated heterocycles. The standard InChI is InChI=1S/C42H65NO6/c1-2-3-4-5-6-7-8-9-10-11-12-13-14-15-16-17-18-19-26-31-37(44)43-38-39(45)40-36(33-47-41(49-40)35-29-24-21-25-30-35)48-42(38)46-32-34-27-22-20-23-28-34/h20-25,27-30,36,38-42,45H,2-19,26,31-33H2,1H3,(H,43,44)/t36-,38-,39-,40-,41?,42+/m1/s1. The number of hydrogen-bond acceptors (Lipinski definition) is 6. The maximum atomic E-state index is 13.1. The van der Waals surface area contributed by atoms with E-state index in [1.807, 2.05) is 60.7 Å². The van der Waals surface area contributed by atoms with Gasteiger partial charge in [0.2, 0.25) is 5.91 Å². The number of nitrogens with one attached hydrogen (secondary N) is 1. The van der Waals surface area contributed by atoms with Crippen LogP contribution in [-0.2, 0) is 30.3 Å². The van der Waals surface area contributed by atoms with Gasteiger partial charge in [-0.3, -0.25) is 4.79 Å². The van der Waals surface area contributed by atoms with Gasteiger partial charge in [0.1, 0.15) is 24.4 Å². The van der Waals surface area contributed by atoms with E-state index in [1.165, 1.54) is 103 Å². The first-order chi connectivity index (χ1) is 24.2. The Morgan fingerprint density at radius 3 is 1.78 bits per heavy atom. The topological polar surface area (TPSA) is 86.3 Å². The highest BCUT2D eigenvalue weighted by molar-refractivity contribution is 5.76. The molecule has 1 unspecified atom stereocenters. The van der Waals surface area contributed by atoms with Gasteiger partial charge < -0.3 is 29.4 Å². The van der Waals surface area contributed by atoms with E-state index in [2.05, 4.69) is 12.2 Å². The number of rotatable bonds is 25. The van der Waals surface area contributed by atoms with Gasteiger partial charge in [0, 0.05) is 12.0 Å². The summed E-state index contributed by atoms with van der Waals surface area (Å²) in [6, 6.07) is 18.7. The number of fused-ring (bicyclic) bond motifs is 1. The van der Waals surface area contributed by atoms with Crippen LogP contribution in [0.25, 0.3) is 0 Å². The minimum absolute atomic E-state index is 0.0990. The molecule has 0 spiro atoms. The summed E-state index contributed by atoms with van der Waals surface area (Å²) in [6.45, 7) is 2.84. The number of benzene rings is 2. The van der Waals surface area contributed by atoms with Crippen molar-refractivity contribution < 1.29 is 28.8 Å². The zero-order chi connectivity index (χ0) is 34.4. The summed E-state index contributed by atoms with van der Waals surface area (Å²) < 4.78 is 24.6. The smallest absolute Gasteiger partial charge is 0.220 e. The van der Waals surface area contributed by atoms with Gasteiger partial charge in [0.15, 0.2) is 12.6 Å². The van der Waals surface area contributed by atoms with Gasteiger partial charge in [-0.15, -0.1) is 0 Å². The van der Waals surface area contributed by atoms with Gasteiger partial charge in [0.05, 0.1) is 13.2 Å². The molecule has 2 aliphatic rings. The lowest BCUT2D eigenvalue weighted by Crippen LogP contribution is -2.66. The second-order valence-electron chi connectivity index (χ2n) is 14.2. The van der Waals surface area contributed by atoms with Gasteiger partial charge in [-0.2, -0.15) is 0 Å². The Kier molecular flexibility index (Phi) is 19.3. The molecular weight excluding hydrogens is 614 g/mol. The molecule has 2 aromatic carbocycles. The van der Waals surface area contributed by atoms with Crippen molar-refractivity contribution >= 4 is 5.91 Å². The molecule has 0 radical (unpaired) electrons. The van der Waals surface area contributed by atoms with Crippen LogP contribution in [0.3, 0.4) is 0 Å². The van der Waals surface area contributed by atoms with E-state index in [4.69, 9.17) is 18.9 Å². The van der Waals surface area contributed by atoms with Crippen molar-refractivity contribution in [3.63, 3.8) is 0 Å². The predicted molar refractivity (Wildman–Crippen MR) is 196 cm³/mol. The monoisotopic (exact) mass is 679 g/mol. The number of carbonyl (C=O) groups is 1. The van der Waals surface area contributed by atoms with Gasteiger partial charge in [0.25, 0.3) is 0 Å². The molecule has 0 saturated carbocycles. The van der Waals surface area contributed by atoms with Crippen LogP contribution in [-0.4, -0.2) is 48.3 Å². The minimum atomic E-state index is -1.01. The van der Waals surface area contributed by atoms with Crippen molar-refractivity contribution in [2.45, 2.75) is 179 Å². The van der Waals surface area contributed by atoms with E-state index in [0.29, 0.717) is 13.0 Å². The third kappa shape index (κ3) is 14.8. The average Bonchev–Trinajstić information content (AvgIpc) is 3.13. The van der Waals surface area contributed by atoms with Crippen molar-refractivity contribution in [2.24, 2.45) is 0 Å². The lowest BCUT2D eigenvalue weighted by atomic mass is 9.95. The first-order valence-corrected chi connectivity index (χ1v) is 19.8. The Labute approximate surface area is 296 Å². The highest BCUT2D eigenvalue weighted by Gasteiger charge is 2.50. The maximum Gasteiger partial charge on any atom is 0.220 e. The minimum Gasteiger partial charge on any atom is -0.388 e. The zero-order valence-corrected chi connectivity index (χ0v) is 30.3. The zero-order valence-electron chi connectivity index (χ0n) is 30.3. The SMILES string of the molecule is CCCCCCCCCCCCCCCCCCCCCC(=O)N[C@H]1[C@@H](OCc2ccccc2)O[C@@H]2COC(c3ccccc3)O[C@H]2[C@@H]1O. The Bertz CT molecular complexity index is 1120. The van der Waals surface area contributed by atoms with Gasteiger partial charge in [-0.1, -0.05) is 183 Å². The normalized spacial score (nSPS) is 23.6. The molecule has 7 heteroatoms. The van der Waals surface area contributed by atoms with Gasteiger partial charge in [-0.25, -0.2) is 0 Å². The second kappa shape index (κ2) is 24.0. The van der Waals surface area contributed by atoms with Crippen LogP contribution in [0.15, 0.2) is 60.7 Å². The quantitative estimate of drug-likeness (QED) is 0.102. The molecule has 2 fully saturated rings. The molecule has 1 amide bonds. The summed E-state index contributed by atoms with van der Waals surface area (Å²) >= 11 is 0. The summed E-state index contributed by atoms with van der Waals surface area (Å²) in [7, 11) is 0. The van der Waals surface area contributed by atoms with Crippen LogP contribution in [0, 0.1) is 0 Å².